The Hall–Kier alpha value is -2.37. The number of carboxylic acid groups (broad SMARTS) is 1. The summed E-state index contributed by atoms with van der Waals surface area (Å²) in [6.07, 6.45) is 2.83. The summed E-state index contributed by atoms with van der Waals surface area (Å²) in [4.78, 5) is 39.0. The summed E-state index contributed by atoms with van der Waals surface area (Å²) in [5.41, 5.74) is 1.49. The highest BCUT2D eigenvalue weighted by atomic mass is 16.4. The molecule has 1 N–H and O–H groups in total. The van der Waals surface area contributed by atoms with Crippen LogP contribution in [0, 0.1) is 5.92 Å². The topological polar surface area (TPSA) is 77.9 Å². The Morgan fingerprint density at radius 2 is 2.04 bits per heavy atom. The summed E-state index contributed by atoms with van der Waals surface area (Å²) in [6.45, 7) is 2.15. The normalized spacial score (nSPS) is 21.2. The molecule has 24 heavy (non-hydrogen) atoms. The highest BCUT2D eigenvalue weighted by Crippen LogP contribution is 2.20. The van der Waals surface area contributed by atoms with Crippen molar-refractivity contribution in [3.05, 3.63) is 35.4 Å². The monoisotopic (exact) mass is 330 g/mol. The van der Waals surface area contributed by atoms with E-state index in [1.165, 1.54) is 0 Å². The lowest BCUT2D eigenvalue weighted by Gasteiger charge is -2.31. The van der Waals surface area contributed by atoms with E-state index >= 15 is 0 Å². The number of hydrogen-bond donors (Lipinski definition) is 1. The predicted octanol–water partition coefficient (Wildman–Crippen LogP) is 1.75. The van der Waals surface area contributed by atoms with E-state index in [1.54, 1.807) is 11.0 Å². The Morgan fingerprint density at radius 3 is 2.75 bits per heavy atom. The van der Waals surface area contributed by atoms with Crippen LogP contribution in [-0.2, 0) is 16.1 Å². The zero-order chi connectivity index (χ0) is 17.1. The van der Waals surface area contributed by atoms with E-state index in [9.17, 15) is 14.4 Å². The first kappa shape index (κ1) is 16.5. The molecule has 1 aromatic rings. The second kappa shape index (κ2) is 7.03. The van der Waals surface area contributed by atoms with Crippen molar-refractivity contribution in [3.63, 3.8) is 0 Å². The van der Waals surface area contributed by atoms with E-state index in [1.807, 2.05) is 23.1 Å². The van der Waals surface area contributed by atoms with Gasteiger partial charge in [-0.05, 0) is 37.0 Å². The van der Waals surface area contributed by atoms with Crippen molar-refractivity contribution < 1.29 is 19.5 Å². The van der Waals surface area contributed by atoms with E-state index in [4.69, 9.17) is 5.11 Å². The van der Waals surface area contributed by atoms with Gasteiger partial charge in [0.05, 0.1) is 5.92 Å². The van der Waals surface area contributed by atoms with E-state index in [2.05, 4.69) is 0 Å². The molecule has 6 heteroatoms. The molecule has 2 fully saturated rings. The van der Waals surface area contributed by atoms with Crippen LogP contribution in [0.3, 0.4) is 0 Å². The smallest absolute Gasteiger partial charge is 0.308 e. The average molecular weight is 330 g/mol. The molecule has 3 rings (SSSR count). The first-order chi connectivity index (χ1) is 11.5. The third-order valence-electron chi connectivity index (χ3n) is 4.78. The van der Waals surface area contributed by atoms with Crippen LogP contribution in [0.2, 0.25) is 0 Å². The van der Waals surface area contributed by atoms with Gasteiger partial charge in [0.15, 0.2) is 0 Å². The second-order valence-electron chi connectivity index (χ2n) is 6.55. The number of carbonyl (C=O) groups excluding carboxylic acids is 2. The van der Waals surface area contributed by atoms with Gasteiger partial charge in [-0.3, -0.25) is 14.4 Å². The molecule has 6 nitrogen and oxygen atoms in total. The van der Waals surface area contributed by atoms with Crippen LogP contribution < -0.4 is 0 Å². The molecule has 1 atom stereocenters. The van der Waals surface area contributed by atoms with Crippen LogP contribution in [0.5, 0.6) is 0 Å². The van der Waals surface area contributed by atoms with Crippen molar-refractivity contribution >= 4 is 17.8 Å². The standard InChI is InChI=1S/C18H22N2O4/c21-16-7-3-8-19(16)11-13-4-1-5-14(10-13)17(22)20-9-2-6-15(12-20)18(23)24/h1,4-5,10,15H,2-3,6-9,11-12H2,(H,23,24). The van der Waals surface area contributed by atoms with Gasteiger partial charge in [0, 0.05) is 38.2 Å². The van der Waals surface area contributed by atoms with Gasteiger partial charge >= 0.3 is 5.97 Å². The van der Waals surface area contributed by atoms with Gasteiger partial charge < -0.3 is 14.9 Å². The minimum atomic E-state index is -0.839. The summed E-state index contributed by atoms with van der Waals surface area (Å²) in [5, 5.41) is 9.16. The Bertz CT molecular complexity index is 658. The summed E-state index contributed by atoms with van der Waals surface area (Å²) in [6, 6.07) is 7.31. The van der Waals surface area contributed by atoms with Crippen LogP contribution in [0.15, 0.2) is 24.3 Å². The molecule has 2 heterocycles. The number of rotatable bonds is 4. The minimum Gasteiger partial charge on any atom is -0.481 e. The molecule has 2 saturated heterocycles. The van der Waals surface area contributed by atoms with Crippen molar-refractivity contribution in [2.75, 3.05) is 19.6 Å². The number of benzene rings is 1. The number of amides is 2. The van der Waals surface area contributed by atoms with Crippen molar-refractivity contribution in [3.8, 4) is 0 Å². The summed E-state index contributed by atoms with van der Waals surface area (Å²) < 4.78 is 0. The maximum atomic E-state index is 12.7. The molecular weight excluding hydrogens is 308 g/mol. The van der Waals surface area contributed by atoms with E-state index in [0.717, 1.165) is 18.5 Å². The van der Waals surface area contributed by atoms with E-state index < -0.39 is 11.9 Å². The van der Waals surface area contributed by atoms with Crippen molar-refractivity contribution in [2.45, 2.75) is 32.2 Å². The highest BCUT2D eigenvalue weighted by Gasteiger charge is 2.28. The van der Waals surface area contributed by atoms with Crippen LogP contribution in [0.4, 0.5) is 0 Å². The number of aliphatic carboxylic acids is 1. The van der Waals surface area contributed by atoms with Crippen LogP contribution in [0.1, 0.15) is 41.6 Å². The molecular formula is C18H22N2O4. The molecule has 0 radical (unpaired) electrons. The number of piperidine rings is 1. The lowest BCUT2D eigenvalue weighted by atomic mass is 9.97. The van der Waals surface area contributed by atoms with Crippen LogP contribution in [-0.4, -0.2) is 52.3 Å². The van der Waals surface area contributed by atoms with Gasteiger partial charge in [-0.25, -0.2) is 0 Å². The largest absolute Gasteiger partial charge is 0.481 e. The molecule has 0 aliphatic carbocycles. The van der Waals surface area contributed by atoms with Crippen molar-refractivity contribution in [1.82, 2.24) is 9.80 Å². The summed E-state index contributed by atoms with van der Waals surface area (Å²) in [7, 11) is 0. The molecule has 0 spiro atoms. The SMILES string of the molecule is O=C(O)C1CCCN(C(=O)c2cccc(CN3CCCC3=O)c2)C1. The molecule has 1 unspecified atom stereocenters. The highest BCUT2D eigenvalue weighted by molar-refractivity contribution is 5.94. The Labute approximate surface area is 141 Å². The zero-order valence-electron chi connectivity index (χ0n) is 13.6. The van der Waals surface area contributed by atoms with Crippen LogP contribution in [0.25, 0.3) is 0 Å². The molecule has 2 aliphatic rings. The number of likely N-dealkylation sites (tertiary alicyclic amines) is 2. The molecule has 1 aromatic carbocycles. The van der Waals surface area contributed by atoms with Gasteiger partial charge in [-0.1, -0.05) is 12.1 Å². The quantitative estimate of drug-likeness (QED) is 0.912. The summed E-state index contributed by atoms with van der Waals surface area (Å²) >= 11 is 0. The molecule has 0 aromatic heterocycles. The van der Waals surface area contributed by atoms with Gasteiger partial charge in [-0.15, -0.1) is 0 Å². The Morgan fingerprint density at radius 1 is 1.21 bits per heavy atom. The van der Waals surface area contributed by atoms with Crippen LogP contribution >= 0.6 is 0 Å². The fourth-order valence-electron chi connectivity index (χ4n) is 3.44. The van der Waals surface area contributed by atoms with Gasteiger partial charge in [0.1, 0.15) is 0 Å². The lowest BCUT2D eigenvalue weighted by Crippen LogP contribution is -2.42. The molecule has 0 bridgehead atoms. The first-order valence-corrected chi connectivity index (χ1v) is 8.43. The van der Waals surface area contributed by atoms with Gasteiger partial charge in [0.25, 0.3) is 5.91 Å². The van der Waals surface area contributed by atoms with Crippen molar-refractivity contribution in [1.29, 1.82) is 0 Å². The molecule has 0 saturated carbocycles. The average Bonchev–Trinajstić information content (AvgIpc) is 2.99. The maximum Gasteiger partial charge on any atom is 0.308 e. The molecule has 128 valence electrons. The molecule has 2 aliphatic heterocycles. The third kappa shape index (κ3) is 3.58. The minimum absolute atomic E-state index is 0.129. The number of carboxylic acids is 1. The number of carbonyl (C=O) groups is 3. The van der Waals surface area contributed by atoms with E-state index in [-0.39, 0.29) is 18.4 Å². The van der Waals surface area contributed by atoms with Gasteiger partial charge in [0.2, 0.25) is 5.91 Å². The summed E-state index contributed by atoms with van der Waals surface area (Å²) in [5.74, 6) is -1.29. The maximum absolute atomic E-state index is 12.7. The fourth-order valence-corrected chi connectivity index (χ4v) is 3.44. The van der Waals surface area contributed by atoms with Crippen molar-refractivity contribution in [2.24, 2.45) is 5.92 Å². The molecule has 2 amide bonds. The predicted molar refractivity (Wildman–Crippen MR) is 87.4 cm³/mol. The first-order valence-electron chi connectivity index (χ1n) is 8.43. The zero-order valence-corrected chi connectivity index (χ0v) is 13.6. The lowest BCUT2D eigenvalue weighted by molar-refractivity contribution is -0.143. The number of hydrogen-bond acceptors (Lipinski definition) is 3. The Kier molecular flexibility index (Phi) is 4.83. The third-order valence-corrected chi connectivity index (χ3v) is 4.78. The fraction of sp³-hybridized carbons (Fsp3) is 0.500. The van der Waals surface area contributed by atoms with Gasteiger partial charge in [-0.2, -0.15) is 0 Å². The Balaban J connectivity index is 1.69. The second-order valence-corrected chi connectivity index (χ2v) is 6.55. The van der Waals surface area contributed by atoms with E-state index in [0.29, 0.717) is 37.9 Å². The number of nitrogens with zero attached hydrogens (tertiary/aromatic N) is 2.